The van der Waals surface area contributed by atoms with Crippen molar-refractivity contribution in [2.75, 3.05) is 29.7 Å². The molecule has 1 saturated heterocycles. The molecule has 16 heavy (non-hydrogen) atoms. The van der Waals surface area contributed by atoms with E-state index in [-0.39, 0.29) is 0 Å². The number of ether oxygens (including phenoxy) is 1. The average molecular weight is 239 g/mol. The van der Waals surface area contributed by atoms with Crippen LogP contribution in [0.25, 0.3) is 0 Å². The molecule has 0 aliphatic carbocycles. The van der Waals surface area contributed by atoms with Crippen LogP contribution in [0.15, 0.2) is 12.1 Å². The Labute approximate surface area is 100.0 Å². The third-order valence-electron chi connectivity index (χ3n) is 2.60. The lowest BCUT2D eigenvalue weighted by Crippen LogP contribution is -2.26. The number of anilines is 2. The van der Waals surface area contributed by atoms with Gasteiger partial charge >= 0.3 is 0 Å². The van der Waals surface area contributed by atoms with Gasteiger partial charge in [-0.25, -0.2) is 0 Å². The summed E-state index contributed by atoms with van der Waals surface area (Å²) in [6.07, 6.45) is 2.48. The van der Waals surface area contributed by atoms with E-state index in [0.29, 0.717) is 17.6 Å². The molecule has 1 unspecified atom stereocenters. The van der Waals surface area contributed by atoms with Crippen molar-refractivity contribution in [3.8, 4) is 5.88 Å². The van der Waals surface area contributed by atoms with E-state index >= 15 is 0 Å². The third kappa shape index (κ3) is 2.72. The Morgan fingerprint density at radius 1 is 1.56 bits per heavy atom. The number of thioether (sulfide) groups is 1. The summed E-state index contributed by atoms with van der Waals surface area (Å²) >= 11 is 1.99. The van der Waals surface area contributed by atoms with Gasteiger partial charge in [0.25, 0.3) is 0 Å². The van der Waals surface area contributed by atoms with Crippen molar-refractivity contribution in [1.29, 1.82) is 0 Å². The molecular formula is C11H17N3OS. The van der Waals surface area contributed by atoms with Gasteiger partial charge in [-0.1, -0.05) is 0 Å². The number of nitrogens with zero attached hydrogens (tertiary/aromatic N) is 1. The Bertz CT molecular complexity index is 353. The molecule has 4 nitrogen and oxygen atoms in total. The number of pyridine rings is 1. The third-order valence-corrected chi connectivity index (χ3v) is 3.81. The van der Waals surface area contributed by atoms with Gasteiger partial charge in [0, 0.05) is 11.8 Å². The maximum absolute atomic E-state index is 5.71. The van der Waals surface area contributed by atoms with E-state index in [1.165, 1.54) is 18.6 Å². The molecule has 5 heteroatoms. The summed E-state index contributed by atoms with van der Waals surface area (Å²) in [4.78, 5) is 4.32. The molecule has 1 fully saturated rings. The minimum absolute atomic E-state index is 0.494. The first-order valence-electron chi connectivity index (χ1n) is 5.44. The predicted octanol–water partition coefficient (Wildman–Crippen LogP) is 1.98. The van der Waals surface area contributed by atoms with Crippen molar-refractivity contribution in [2.24, 2.45) is 0 Å². The number of hydrogen-bond acceptors (Lipinski definition) is 5. The molecule has 1 aromatic heterocycles. The van der Waals surface area contributed by atoms with E-state index in [1.807, 2.05) is 23.9 Å². The molecule has 3 N–H and O–H groups in total. The second kappa shape index (κ2) is 5.30. The van der Waals surface area contributed by atoms with Crippen molar-refractivity contribution >= 4 is 23.3 Å². The van der Waals surface area contributed by atoms with Gasteiger partial charge < -0.3 is 15.8 Å². The minimum Gasteiger partial charge on any atom is -0.479 e. The molecule has 0 spiro atoms. The van der Waals surface area contributed by atoms with Crippen LogP contribution in [0.2, 0.25) is 0 Å². The molecule has 0 saturated carbocycles. The van der Waals surface area contributed by atoms with Crippen molar-refractivity contribution in [3.63, 3.8) is 0 Å². The highest BCUT2D eigenvalue weighted by molar-refractivity contribution is 7.99. The lowest BCUT2D eigenvalue weighted by molar-refractivity contribution is 0.400. The fourth-order valence-electron chi connectivity index (χ4n) is 1.76. The topological polar surface area (TPSA) is 60.2 Å². The van der Waals surface area contributed by atoms with Crippen LogP contribution in [0.1, 0.15) is 12.8 Å². The maximum Gasteiger partial charge on any atom is 0.238 e. The second-order valence-electron chi connectivity index (χ2n) is 3.85. The Hall–Kier alpha value is -1.10. The second-order valence-corrected chi connectivity index (χ2v) is 5.00. The van der Waals surface area contributed by atoms with Crippen molar-refractivity contribution in [2.45, 2.75) is 18.9 Å². The number of aromatic nitrogens is 1. The van der Waals surface area contributed by atoms with Gasteiger partial charge in [-0.2, -0.15) is 16.7 Å². The Kier molecular flexibility index (Phi) is 3.77. The van der Waals surface area contributed by atoms with Crippen LogP contribution in [-0.4, -0.2) is 29.6 Å². The lowest BCUT2D eigenvalue weighted by atomic mass is 10.2. The van der Waals surface area contributed by atoms with Crippen LogP contribution in [0.3, 0.4) is 0 Å². The lowest BCUT2D eigenvalue weighted by Gasteiger charge is -2.23. The number of methoxy groups -OCH3 is 1. The fraction of sp³-hybridized carbons (Fsp3) is 0.545. The standard InChI is InChI=1S/C11H17N3OS/c1-15-11-9(12)4-5-10(14-11)13-8-3-2-6-16-7-8/h4-5,8H,2-3,6-7,12H2,1H3,(H,13,14). The highest BCUT2D eigenvalue weighted by atomic mass is 32.2. The molecule has 0 radical (unpaired) electrons. The van der Waals surface area contributed by atoms with E-state index in [0.717, 1.165) is 11.6 Å². The summed E-state index contributed by atoms with van der Waals surface area (Å²) in [6, 6.07) is 4.24. The molecule has 1 aliphatic rings. The smallest absolute Gasteiger partial charge is 0.238 e. The first kappa shape index (κ1) is 11.4. The summed E-state index contributed by atoms with van der Waals surface area (Å²) in [7, 11) is 1.58. The van der Waals surface area contributed by atoms with Crippen LogP contribution >= 0.6 is 11.8 Å². The molecule has 2 rings (SSSR count). The molecule has 2 heterocycles. The van der Waals surface area contributed by atoms with Crippen LogP contribution < -0.4 is 15.8 Å². The van der Waals surface area contributed by atoms with Gasteiger partial charge in [0.05, 0.1) is 12.8 Å². The van der Waals surface area contributed by atoms with E-state index in [2.05, 4.69) is 10.3 Å². The van der Waals surface area contributed by atoms with Gasteiger partial charge in [-0.15, -0.1) is 0 Å². The number of nitrogen functional groups attached to an aromatic ring is 1. The number of rotatable bonds is 3. The normalized spacial score (nSPS) is 20.4. The first-order chi connectivity index (χ1) is 7.79. The van der Waals surface area contributed by atoms with Crippen molar-refractivity contribution in [1.82, 2.24) is 4.98 Å². The SMILES string of the molecule is COc1nc(NC2CCCSC2)ccc1N. The van der Waals surface area contributed by atoms with Gasteiger partial charge in [-0.3, -0.25) is 0 Å². The minimum atomic E-state index is 0.494. The van der Waals surface area contributed by atoms with Crippen LogP contribution in [0.4, 0.5) is 11.5 Å². The van der Waals surface area contributed by atoms with Gasteiger partial charge in [0.2, 0.25) is 5.88 Å². The first-order valence-corrected chi connectivity index (χ1v) is 6.60. The van der Waals surface area contributed by atoms with E-state index in [9.17, 15) is 0 Å². The summed E-state index contributed by atoms with van der Waals surface area (Å²) in [5, 5.41) is 3.42. The van der Waals surface area contributed by atoms with Gasteiger partial charge in [0.15, 0.2) is 0 Å². The average Bonchev–Trinajstić information content (AvgIpc) is 2.33. The molecule has 1 aliphatic heterocycles. The van der Waals surface area contributed by atoms with Crippen molar-refractivity contribution in [3.05, 3.63) is 12.1 Å². The van der Waals surface area contributed by atoms with Crippen LogP contribution in [-0.2, 0) is 0 Å². The fourth-order valence-corrected chi connectivity index (χ4v) is 2.83. The number of nitrogens with one attached hydrogen (secondary N) is 1. The zero-order chi connectivity index (χ0) is 11.4. The quantitative estimate of drug-likeness (QED) is 0.844. The van der Waals surface area contributed by atoms with E-state index in [4.69, 9.17) is 10.5 Å². The molecule has 1 aromatic rings. The zero-order valence-corrected chi connectivity index (χ0v) is 10.2. The largest absolute Gasteiger partial charge is 0.479 e. The Balaban J connectivity index is 2.03. The summed E-state index contributed by atoms with van der Waals surface area (Å²) in [5.41, 5.74) is 6.29. The Morgan fingerprint density at radius 2 is 2.44 bits per heavy atom. The van der Waals surface area contributed by atoms with Gasteiger partial charge in [-0.05, 0) is 30.7 Å². The van der Waals surface area contributed by atoms with Crippen LogP contribution in [0, 0.1) is 0 Å². The van der Waals surface area contributed by atoms with Crippen LogP contribution in [0.5, 0.6) is 5.88 Å². The molecular weight excluding hydrogens is 222 g/mol. The highest BCUT2D eigenvalue weighted by Gasteiger charge is 2.14. The van der Waals surface area contributed by atoms with E-state index < -0.39 is 0 Å². The van der Waals surface area contributed by atoms with Crippen molar-refractivity contribution < 1.29 is 4.74 Å². The van der Waals surface area contributed by atoms with E-state index in [1.54, 1.807) is 7.11 Å². The number of nitrogens with two attached hydrogens (primary N) is 1. The zero-order valence-electron chi connectivity index (χ0n) is 9.40. The summed E-state index contributed by atoms with van der Waals surface area (Å²) in [6.45, 7) is 0. The summed E-state index contributed by atoms with van der Waals surface area (Å²) < 4.78 is 5.09. The Morgan fingerprint density at radius 3 is 3.12 bits per heavy atom. The molecule has 0 aromatic carbocycles. The molecule has 88 valence electrons. The molecule has 0 amide bonds. The highest BCUT2D eigenvalue weighted by Crippen LogP contribution is 2.23. The molecule has 0 bridgehead atoms. The molecule has 1 atom stereocenters. The number of hydrogen-bond donors (Lipinski definition) is 2. The monoisotopic (exact) mass is 239 g/mol. The van der Waals surface area contributed by atoms with Gasteiger partial charge in [0.1, 0.15) is 5.82 Å². The summed E-state index contributed by atoms with van der Waals surface area (Å²) in [5.74, 6) is 3.76. The maximum atomic E-state index is 5.71. The predicted molar refractivity (Wildman–Crippen MR) is 69.2 cm³/mol.